The molecule has 0 N–H and O–H groups in total. The highest BCUT2D eigenvalue weighted by atomic mass is 16.5. The first-order valence-electron chi connectivity index (χ1n) is 10.7. The molecule has 4 aromatic rings. The lowest BCUT2D eigenvalue weighted by Crippen LogP contribution is -2.49. The van der Waals surface area contributed by atoms with E-state index in [1.165, 1.54) is 0 Å². The zero-order valence-electron chi connectivity index (χ0n) is 18.2. The van der Waals surface area contributed by atoms with Crippen LogP contribution in [0.5, 0.6) is 5.75 Å². The molecule has 0 unspecified atom stereocenters. The summed E-state index contributed by atoms with van der Waals surface area (Å²) in [5, 5.41) is 5.23. The molecule has 5 rings (SSSR count). The molecule has 2 aromatic carbocycles. The second-order valence-corrected chi connectivity index (χ2v) is 7.66. The monoisotopic (exact) mass is 438 g/mol. The Labute approximate surface area is 191 Å². The molecule has 33 heavy (non-hydrogen) atoms. The number of benzene rings is 2. The molecule has 1 fully saturated rings. The van der Waals surface area contributed by atoms with E-state index in [2.05, 4.69) is 26.9 Å². The SMILES string of the molecule is COc1ccc(C(=O)N2CCN(c3noc4ccccc34)CC2)cc1C#Cc1ccccn1. The van der Waals surface area contributed by atoms with Crippen molar-refractivity contribution in [1.82, 2.24) is 15.0 Å². The Morgan fingerprint density at radius 1 is 1.00 bits per heavy atom. The van der Waals surface area contributed by atoms with E-state index in [1.54, 1.807) is 31.5 Å². The average Bonchev–Trinajstić information content (AvgIpc) is 3.32. The van der Waals surface area contributed by atoms with Crippen molar-refractivity contribution in [2.45, 2.75) is 0 Å². The number of carbonyl (C=O) groups excluding carboxylic acids is 1. The zero-order chi connectivity index (χ0) is 22.6. The van der Waals surface area contributed by atoms with Crippen LogP contribution >= 0.6 is 0 Å². The van der Waals surface area contributed by atoms with Crippen molar-refractivity contribution in [2.75, 3.05) is 38.2 Å². The molecule has 0 bridgehead atoms. The normalized spacial score (nSPS) is 13.5. The molecule has 0 atom stereocenters. The van der Waals surface area contributed by atoms with Crippen molar-refractivity contribution >= 4 is 22.7 Å². The van der Waals surface area contributed by atoms with E-state index in [0.29, 0.717) is 48.7 Å². The van der Waals surface area contributed by atoms with Crippen molar-refractivity contribution in [3.63, 3.8) is 0 Å². The lowest BCUT2D eigenvalue weighted by Gasteiger charge is -2.34. The second-order valence-electron chi connectivity index (χ2n) is 7.66. The van der Waals surface area contributed by atoms with Gasteiger partial charge in [0.1, 0.15) is 11.4 Å². The minimum atomic E-state index is -0.0248. The number of piperazine rings is 1. The first kappa shape index (κ1) is 20.6. The van der Waals surface area contributed by atoms with Crippen LogP contribution in [0.15, 0.2) is 71.4 Å². The summed E-state index contributed by atoms with van der Waals surface area (Å²) in [5.41, 5.74) is 2.67. The van der Waals surface area contributed by atoms with Crippen LogP contribution in [0.4, 0.5) is 5.82 Å². The molecule has 7 heteroatoms. The first-order chi connectivity index (χ1) is 16.2. The van der Waals surface area contributed by atoms with E-state index >= 15 is 0 Å². The molecule has 1 saturated heterocycles. The van der Waals surface area contributed by atoms with Gasteiger partial charge in [0.15, 0.2) is 11.4 Å². The Balaban J connectivity index is 1.31. The summed E-state index contributed by atoms with van der Waals surface area (Å²) < 4.78 is 10.9. The molecule has 164 valence electrons. The van der Waals surface area contributed by atoms with Gasteiger partial charge in [-0.15, -0.1) is 0 Å². The average molecular weight is 438 g/mol. The van der Waals surface area contributed by atoms with Crippen LogP contribution in [-0.4, -0.2) is 54.2 Å². The number of nitrogens with zero attached hydrogens (tertiary/aromatic N) is 4. The van der Waals surface area contributed by atoms with Crippen LogP contribution in [0.3, 0.4) is 0 Å². The topological polar surface area (TPSA) is 71.7 Å². The van der Waals surface area contributed by atoms with E-state index in [0.717, 1.165) is 16.8 Å². The van der Waals surface area contributed by atoms with Gasteiger partial charge in [-0.2, -0.15) is 0 Å². The number of rotatable bonds is 3. The highest BCUT2D eigenvalue weighted by Gasteiger charge is 2.25. The number of ether oxygens (including phenoxy) is 1. The Morgan fingerprint density at radius 2 is 1.82 bits per heavy atom. The Kier molecular flexibility index (Phi) is 5.64. The summed E-state index contributed by atoms with van der Waals surface area (Å²) in [6.07, 6.45) is 1.70. The fraction of sp³-hybridized carbons (Fsp3) is 0.192. The summed E-state index contributed by atoms with van der Waals surface area (Å²) in [6, 6.07) is 18.7. The third-order valence-electron chi connectivity index (χ3n) is 5.66. The largest absolute Gasteiger partial charge is 0.495 e. The maximum absolute atomic E-state index is 13.2. The number of amides is 1. The lowest BCUT2D eigenvalue weighted by molar-refractivity contribution is 0.0746. The standard InChI is InChI=1S/C26H22N4O3/c1-32-23-12-10-20(18-19(23)9-11-21-6-4-5-13-27-21)26(31)30-16-14-29(15-17-30)25-22-7-2-3-8-24(22)33-28-25/h2-8,10,12-13,18H,14-17H2,1H3. The predicted octanol–water partition coefficient (Wildman–Crippen LogP) is 3.59. The molecule has 1 aliphatic heterocycles. The fourth-order valence-corrected chi connectivity index (χ4v) is 3.91. The van der Waals surface area contributed by atoms with Gasteiger partial charge in [0, 0.05) is 37.9 Å². The molecule has 2 aromatic heterocycles. The summed E-state index contributed by atoms with van der Waals surface area (Å²) >= 11 is 0. The zero-order valence-corrected chi connectivity index (χ0v) is 18.2. The molecule has 0 radical (unpaired) electrons. The van der Waals surface area contributed by atoms with E-state index in [9.17, 15) is 4.79 Å². The summed E-state index contributed by atoms with van der Waals surface area (Å²) in [4.78, 5) is 21.4. The Hall–Kier alpha value is -4.31. The number of methoxy groups -OCH3 is 1. The van der Waals surface area contributed by atoms with Gasteiger partial charge < -0.3 is 19.1 Å². The Bertz CT molecular complexity index is 1350. The number of aromatic nitrogens is 2. The highest BCUT2D eigenvalue weighted by molar-refractivity contribution is 5.95. The molecular weight excluding hydrogens is 416 g/mol. The molecule has 0 saturated carbocycles. The number of para-hydroxylation sites is 1. The van der Waals surface area contributed by atoms with Crippen LogP contribution < -0.4 is 9.64 Å². The van der Waals surface area contributed by atoms with E-state index in [1.807, 2.05) is 47.4 Å². The summed E-state index contributed by atoms with van der Waals surface area (Å²) in [5.74, 6) is 7.54. The Morgan fingerprint density at radius 3 is 2.61 bits per heavy atom. The first-order valence-corrected chi connectivity index (χ1v) is 10.7. The van der Waals surface area contributed by atoms with Gasteiger partial charge in [0.25, 0.3) is 5.91 Å². The lowest BCUT2D eigenvalue weighted by atomic mass is 10.1. The number of hydrogen-bond acceptors (Lipinski definition) is 6. The van der Waals surface area contributed by atoms with E-state index in [-0.39, 0.29) is 5.91 Å². The van der Waals surface area contributed by atoms with Gasteiger partial charge in [-0.05, 0) is 48.4 Å². The molecule has 1 aliphatic rings. The third-order valence-corrected chi connectivity index (χ3v) is 5.66. The number of fused-ring (bicyclic) bond motifs is 1. The van der Waals surface area contributed by atoms with Crippen LogP contribution in [-0.2, 0) is 0 Å². The molecule has 0 aliphatic carbocycles. The molecule has 0 spiro atoms. The van der Waals surface area contributed by atoms with Gasteiger partial charge in [0.05, 0.1) is 18.1 Å². The van der Waals surface area contributed by atoms with Gasteiger partial charge in [-0.3, -0.25) is 4.79 Å². The van der Waals surface area contributed by atoms with Gasteiger partial charge in [-0.25, -0.2) is 4.98 Å². The maximum Gasteiger partial charge on any atom is 0.254 e. The van der Waals surface area contributed by atoms with Gasteiger partial charge >= 0.3 is 0 Å². The smallest absolute Gasteiger partial charge is 0.254 e. The molecule has 3 heterocycles. The second kappa shape index (κ2) is 9.05. The highest BCUT2D eigenvalue weighted by Crippen LogP contribution is 2.27. The van der Waals surface area contributed by atoms with E-state index < -0.39 is 0 Å². The van der Waals surface area contributed by atoms with Crippen LogP contribution in [0.2, 0.25) is 0 Å². The van der Waals surface area contributed by atoms with Crippen molar-refractivity contribution in [3.05, 3.63) is 83.7 Å². The van der Waals surface area contributed by atoms with Gasteiger partial charge in [-0.1, -0.05) is 29.3 Å². The number of carbonyl (C=O) groups is 1. The quantitative estimate of drug-likeness (QED) is 0.455. The minimum absolute atomic E-state index is 0.0248. The van der Waals surface area contributed by atoms with Crippen molar-refractivity contribution in [3.8, 4) is 17.6 Å². The molecule has 1 amide bonds. The number of anilines is 1. The van der Waals surface area contributed by atoms with Crippen LogP contribution in [0, 0.1) is 11.8 Å². The number of hydrogen-bond donors (Lipinski definition) is 0. The maximum atomic E-state index is 13.2. The van der Waals surface area contributed by atoms with Crippen molar-refractivity contribution < 1.29 is 14.1 Å². The molecular formula is C26H22N4O3. The minimum Gasteiger partial charge on any atom is -0.495 e. The summed E-state index contributed by atoms with van der Waals surface area (Å²) in [6.45, 7) is 2.57. The summed E-state index contributed by atoms with van der Waals surface area (Å²) in [7, 11) is 1.59. The van der Waals surface area contributed by atoms with E-state index in [4.69, 9.17) is 9.26 Å². The van der Waals surface area contributed by atoms with Crippen LogP contribution in [0.1, 0.15) is 21.6 Å². The predicted molar refractivity (Wildman–Crippen MR) is 125 cm³/mol. The van der Waals surface area contributed by atoms with Gasteiger partial charge in [0.2, 0.25) is 0 Å². The van der Waals surface area contributed by atoms with Crippen LogP contribution in [0.25, 0.3) is 11.0 Å². The number of pyridine rings is 1. The fourth-order valence-electron chi connectivity index (χ4n) is 3.91. The molecule has 7 nitrogen and oxygen atoms in total. The van der Waals surface area contributed by atoms with Crippen molar-refractivity contribution in [2.24, 2.45) is 0 Å². The third kappa shape index (κ3) is 4.23. The van der Waals surface area contributed by atoms with Crippen molar-refractivity contribution in [1.29, 1.82) is 0 Å².